The van der Waals surface area contributed by atoms with Crippen LogP contribution in [0.2, 0.25) is 0 Å². The molecule has 2 amide bonds. The lowest BCUT2D eigenvalue weighted by molar-refractivity contribution is -0.154. The number of likely N-dealkylation sites (tertiary alicyclic amines) is 1. The first-order valence-electron chi connectivity index (χ1n) is 12.2. The lowest BCUT2D eigenvalue weighted by Crippen LogP contribution is -2.56. The minimum atomic E-state index is -1.11. The van der Waals surface area contributed by atoms with Crippen LogP contribution in [0.1, 0.15) is 31.7 Å². The summed E-state index contributed by atoms with van der Waals surface area (Å²) in [6.07, 6.45) is 2.64. The standard InChI is InChI=1S/C26H33BrN2O6/c1-3-12-28(16-17-10-6-5-7-11-17)24(32)22-26-15-18(27)21(35-26)19(25(33)34-4-2)20(26)23(31)29(22)13-8-9-14-30/h3,5-7,10-11,18-22,30H,1,4,8-9,12-16H2,2H3/t18?,19-,20+,21-,22-,26+/m0/s1. The van der Waals surface area contributed by atoms with E-state index in [-0.39, 0.29) is 29.9 Å². The fourth-order valence-corrected chi connectivity index (χ4v) is 6.86. The molecule has 3 fully saturated rings. The Bertz CT molecular complexity index is 958. The van der Waals surface area contributed by atoms with Crippen LogP contribution in [0.15, 0.2) is 43.0 Å². The zero-order valence-electron chi connectivity index (χ0n) is 20.0. The summed E-state index contributed by atoms with van der Waals surface area (Å²) in [4.78, 5) is 44.1. The van der Waals surface area contributed by atoms with E-state index < -0.39 is 35.6 Å². The van der Waals surface area contributed by atoms with Crippen LogP contribution in [0.5, 0.6) is 0 Å². The predicted octanol–water partition coefficient (Wildman–Crippen LogP) is 2.28. The molecule has 3 aliphatic rings. The van der Waals surface area contributed by atoms with Crippen molar-refractivity contribution >= 4 is 33.7 Å². The number of nitrogens with zero attached hydrogens (tertiary/aromatic N) is 2. The van der Waals surface area contributed by atoms with Crippen molar-refractivity contribution < 1.29 is 29.0 Å². The molecule has 1 unspecified atom stereocenters. The van der Waals surface area contributed by atoms with Crippen molar-refractivity contribution in [2.45, 2.75) is 55.3 Å². The van der Waals surface area contributed by atoms with Crippen LogP contribution in [0, 0.1) is 11.8 Å². The van der Waals surface area contributed by atoms with Crippen LogP contribution in [-0.2, 0) is 30.4 Å². The zero-order valence-corrected chi connectivity index (χ0v) is 21.6. The molecule has 9 heteroatoms. The molecular formula is C26H33BrN2O6. The number of benzene rings is 1. The van der Waals surface area contributed by atoms with Gasteiger partial charge in [0.1, 0.15) is 11.6 Å². The smallest absolute Gasteiger partial charge is 0.312 e. The molecule has 0 radical (unpaired) electrons. The summed E-state index contributed by atoms with van der Waals surface area (Å²) in [6.45, 7) is 6.74. The van der Waals surface area contributed by atoms with E-state index in [0.717, 1.165) is 5.56 Å². The molecule has 0 aromatic heterocycles. The molecule has 3 saturated heterocycles. The van der Waals surface area contributed by atoms with E-state index in [1.165, 1.54) is 0 Å². The number of alkyl halides is 1. The van der Waals surface area contributed by atoms with Gasteiger partial charge in [0, 0.05) is 31.1 Å². The van der Waals surface area contributed by atoms with Gasteiger partial charge in [-0.3, -0.25) is 14.4 Å². The molecule has 190 valence electrons. The number of ether oxygens (including phenoxy) is 2. The average Bonchev–Trinajstić information content (AvgIpc) is 3.43. The van der Waals surface area contributed by atoms with Gasteiger partial charge in [-0.15, -0.1) is 6.58 Å². The lowest BCUT2D eigenvalue weighted by Gasteiger charge is -2.37. The molecule has 1 aromatic rings. The van der Waals surface area contributed by atoms with Crippen LogP contribution in [0.25, 0.3) is 0 Å². The van der Waals surface area contributed by atoms with Crippen molar-refractivity contribution in [1.82, 2.24) is 9.80 Å². The normalized spacial score (nSPS) is 30.9. The Morgan fingerprint density at radius 3 is 2.74 bits per heavy atom. The zero-order chi connectivity index (χ0) is 25.2. The largest absolute Gasteiger partial charge is 0.466 e. The van der Waals surface area contributed by atoms with Crippen molar-refractivity contribution in [3.8, 4) is 0 Å². The van der Waals surface area contributed by atoms with Crippen LogP contribution >= 0.6 is 15.9 Å². The molecule has 0 aliphatic carbocycles. The Kier molecular flexibility index (Phi) is 7.98. The Hall–Kier alpha value is -2.23. The highest BCUT2D eigenvalue weighted by molar-refractivity contribution is 9.09. The Balaban J connectivity index is 1.72. The minimum absolute atomic E-state index is 0.000684. The highest BCUT2D eigenvalue weighted by Crippen LogP contribution is 2.60. The highest BCUT2D eigenvalue weighted by atomic mass is 79.9. The van der Waals surface area contributed by atoms with Crippen LogP contribution < -0.4 is 0 Å². The summed E-state index contributed by atoms with van der Waals surface area (Å²) in [6, 6.07) is 8.79. The van der Waals surface area contributed by atoms with Crippen molar-refractivity contribution in [3.63, 3.8) is 0 Å². The van der Waals surface area contributed by atoms with Gasteiger partial charge in [0.15, 0.2) is 0 Å². The fourth-order valence-electron chi connectivity index (χ4n) is 5.92. The Morgan fingerprint density at radius 1 is 1.34 bits per heavy atom. The summed E-state index contributed by atoms with van der Waals surface area (Å²) in [5, 5.41) is 9.30. The van der Waals surface area contributed by atoms with Gasteiger partial charge in [0.05, 0.1) is 24.5 Å². The summed E-state index contributed by atoms with van der Waals surface area (Å²) in [5.74, 6) is -2.47. The molecule has 2 bridgehead atoms. The quantitative estimate of drug-likeness (QED) is 0.197. The van der Waals surface area contributed by atoms with E-state index in [0.29, 0.717) is 38.9 Å². The van der Waals surface area contributed by atoms with Gasteiger partial charge in [0.25, 0.3) is 0 Å². The number of fused-ring (bicyclic) bond motifs is 1. The number of hydrogen-bond acceptors (Lipinski definition) is 6. The van der Waals surface area contributed by atoms with E-state index in [4.69, 9.17) is 9.47 Å². The number of hydrogen-bond donors (Lipinski definition) is 1. The second kappa shape index (κ2) is 10.8. The van der Waals surface area contributed by atoms with Crippen LogP contribution in [-0.4, -0.2) is 81.6 Å². The van der Waals surface area contributed by atoms with E-state index in [1.807, 2.05) is 30.3 Å². The minimum Gasteiger partial charge on any atom is -0.466 e. The SMILES string of the molecule is C=CCN(Cc1ccccc1)C(=O)[C@@H]1N(CCCCO)C(=O)[C@H]2[C@H](C(=O)OCC)[C@H]3O[C@@]12CC3Br. The molecule has 0 saturated carbocycles. The molecule has 35 heavy (non-hydrogen) atoms. The molecular weight excluding hydrogens is 516 g/mol. The Morgan fingerprint density at radius 2 is 2.09 bits per heavy atom. The van der Waals surface area contributed by atoms with Crippen molar-refractivity contribution in [1.29, 1.82) is 0 Å². The van der Waals surface area contributed by atoms with E-state index >= 15 is 0 Å². The second-order valence-corrected chi connectivity index (χ2v) is 10.5. The van der Waals surface area contributed by atoms with Gasteiger partial charge in [-0.25, -0.2) is 0 Å². The highest BCUT2D eigenvalue weighted by Gasteiger charge is 2.77. The van der Waals surface area contributed by atoms with Gasteiger partial charge in [-0.05, 0) is 31.7 Å². The molecule has 3 aliphatic heterocycles. The Labute approximate surface area is 214 Å². The number of halogens is 1. The van der Waals surface area contributed by atoms with Crippen LogP contribution in [0.3, 0.4) is 0 Å². The summed E-state index contributed by atoms with van der Waals surface area (Å²) < 4.78 is 11.8. The molecule has 1 aromatic carbocycles. The van der Waals surface area contributed by atoms with E-state index in [1.54, 1.807) is 22.8 Å². The van der Waals surface area contributed by atoms with Crippen molar-refractivity contribution in [2.24, 2.45) is 11.8 Å². The maximum Gasteiger partial charge on any atom is 0.312 e. The molecule has 1 spiro atoms. The van der Waals surface area contributed by atoms with Gasteiger partial charge >= 0.3 is 5.97 Å². The maximum absolute atomic E-state index is 14.2. The topological polar surface area (TPSA) is 96.4 Å². The van der Waals surface area contributed by atoms with Crippen LogP contribution in [0.4, 0.5) is 0 Å². The summed E-state index contributed by atoms with van der Waals surface area (Å²) in [5.41, 5.74) is -0.146. The molecule has 1 N–H and O–H groups in total. The third kappa shape index (κ3) is 4.54. The number of unbranched alkanes of at least 4 members (excludes halogenated alkanes) is 1. The number of carbonyl (C=O) groups excluding carboxylic acids is 3. The van der Waals surface area contributed by atoms with Crippen molar-refractivity contribution in [2.75, 3.05) is 26.3 Å². The first-order chi connectivity index (χ1) is 16.9. The third-order valence-corrected chi connectivity index (χ3v) is 8.11. The fraction of sp³-hybridized carbons (Fsp3) is 0.577. The maximum atomic E-state index is 14.2. The number of esters is 1. The number of rotatable bonds is 11. The average molecular weight is 549 g/mol. The predicted molar refractivity (Wildman–Crippen MR) is 132 cm³/mol. The molecule has 4 rings (SSSR count). The van der Waals surface area contributed by atoms with Gasteiger partial charge in [-0.2, -0.15) is 0 Å². The second-order valence-electron chi connectivity index (χ2n) is 9.37. The van der Waals surface area contributed by atoms with Gasteiger partial charge < -0.3 is 24.4 Å². The van der Waals surface area contributed by atoms with Crippen molar-refractivity contribution in [3.05, 3.63) is 48.6 Å². The number of aliphatic hydroxyl groups excluding tert-OH is 1. The third-order valence-electron chi connectivity index (χ3n) is 7.27. The summed E-state index contributed by atoms with van der Waals surface area (Å²) in [7, 11) is 0. The number of aliphatic hydroxyl groups is 1. The summed E-state index contributed by atoms with van der Waals surface area (Å²) >= 11 is 3.65. The number of amides is 2. The monoisotopic (exact) mass is 548 g/mol. The first kappa shape index (κ1) is 25.9. The lowest BCUT2D eigenvalue weighted by atomic mass is 9.70. The first-order valence-corrected chi connectivity index (χ1v) is 13.1. The van der Waals surface area contributed by atoms with E-state index in [9.17, 15) is 19.5 Å². The van der Waals surface area contributed by atoms with E-state index in [2.05, 4.69) is 22.5 Å². The van der Waals surface area contributed by atoms with Gasteiger partial charge in [-0.1, -0.05) is 52.3 Å². The molecule has 8 nitrogen and oxygen atoms in total. The number of carbonyl (C=O) groups is 3. The molecule has 3 heterocycles. The molecule has 6 atom stereocenters. The van der Waals surface area contributed by atoms with Gasteiger partial charge in [0.2, 0.25) is 11.8 Å².